The average molecular weight is 399 g/mol. The Hall–Kier alpha value is -1.74. The molecule has 0 heterocycles. The number of hydrogen-bond acceptors (Lipinski definition) is 6. The van der Waals surface area contributed by atoms with Crippen molar-refractivity contribution in [2.75, 3.05) is 0 Å². The molecule has 0 aliphatic heterocycles. The Kier molecular flexibility index (Phi) is 6.57. The monoisotopic (exact) mass is 398 g/mol. The van der Waals surface area contributed by atoms with E-state index in [-0.39, 0.29) is 9.79 Å². The van der Waals surface area contributed by atoms with E-state index in [1.807, 2.05) is 0 Å². The number of benzene rings is 2. The Bertz CT molecular complexity index is 831. The maximum Gasteiger partial charge on any atom is 0.297 e. The molecular weight excluding hydrogens is 376 g/mol. The molecule has 2 aromatic carbocycles. The fourth-order valence-electron chi connectivity index (χ4n) is 2.24. The molecule has 142 valence electrons. The van der Waals surface area contributed by atoms with E-state index in [1.165, 1.54) is 24.3 Å². The highest BCUT2D eigenvalue weighted by atomic mass is 32.2. The Morgan fingerprint density at radius 3 is 1.23 bits per heavy atom. The minimum absolute atomic E-state index is 0.0459. The van der Waals surface area contributed by atoms with Gasteiger partial charge in [0.05, 0.1) is 22.0 Å². The van der Waals surface area contributed by atoms with Crippen LogP contribution in [0.15, 0.2) is 70.5 Å². The molecule has 2 atom stereocenters. The first kappa shape index (κ1) is 20.6. The van der Waals surface area contributed by atoms with E-state index >= 15 is 0 Å². The summed E-state index contributed by atoms with van der Waals surface area (Å²) in [5.74, 6) is -0.494. The smallest absolute Gasteiger partial charge is 0.263 e. The van der Waals surface area contributed by atoms with Crippen molar-refractivity contribution < 1.29 is 25.2 Å². The van der Waals surface area contributed by atoms with Crippen LogP contribution >= 0.6 is 0 Å². The Morgan fingerprint density at radius 1 is 0.615 bits per heavy atom. The van der Waals surface area contributed by atoms with E-state index in [0.717, 1.165) is 0 Å². The highest BCUT2D eigenvalue weighted by Gasteiger charge is 2.30. The summed E-state index contributed by atoms with van der Waals surface area (Å²) in [5.41, 5.74) is 0. The van der Waals surface area contributed by atoms with E-state index in [0.29, 0.717) is 0 Å². The van der Waals surface area contributed by atoms with Crippen LogP contribution in [0.5, 0.6) is 0 Å². The maximum atomic E-state index is 12.3. The predicted molar refractivity (Wildman–Crippen MR) is 97.5 cm³/mol. The highest BCUT2D eigenvalue weighted by molar-refractivity contribution is 7.87. The second kappa shape index (κ2) is 8.30. The van der Waals surface area contributed by atoms with Gasteiger partial charge in [-0.15, -0.1) is 0 Å². The van der Waals surface area contributed by atoms with Crippen LogP contribution < -0.4 is 0 Å². The first-order valence-electron chi connectivity index (χ1n) is 8.10. The summed E-state index contributed by atoms with van der Waals surface area (Å²) >= 11 is 0. The topological polar surface area (TPSA) is 86.7 Å². The van der Waals surface area contributed by atoms with Gasteiger partial charge in [-0.25, -0.2) is 0 Å². The number of hydrogen-bond donors (Lipinski definition) is 0. The van der Waals surface area contributed by atoms with Gasteiger partial charge in [0, 0.05) is 5.92 Å². The van der Waals surface area contributed by atoms with Crippen molar-refractivity contribution in [3.8, 4) is 0 Å². The minimum Gasteiger partial charge on any atom is -0.263 e. The quantitative estimate of drug-likeness (QED) is 0.635. The van der Waals surface area contributed by atoms with Gasteiger partial charge >= 0.3 is 0 Å². The second-order valence-electron chi connectivity index (χ2n) is 6.00. The van der Waals surface area contributed by atoms with Gasteiger partial charge < -0.3 is 0 Å². The molecule has 8 heteroatoms. The zero-order valence-corrected chi connectivity index (χ0v) is 16.4. The molecule has 0 saturated carbocycles. The predicted octanol–water partition coefficient (Wildman–Crippen LogP) is 3.21. The first-order chi connectivity index (χ1) is 12.1. The van der Waals surface area contributed by atoms with E-state index in [1.54, 1.807) is 57.2 Å². The zero-order valence-electron chi connectivity index (χ0n) is 14.8. The fourth-order valence-corrected chi connectivity index (χ4v) is 4.59. The lowest BCUT2D eigenvalue weighted by Crippen LogP contribution is -2.32. The Labute approximate surface area is 155 Å². The van der Waals surface area contributed by atoms with Gasteiger partial charge in [-0.2, -0.15) is 16.8 Å². The van der Waals surface area contributed by atoms with Crippen molar-refractivity contribution in [3.05, 3.63) is 60.7 Å². The fraction of sp³-hybridized carbons (Fsp3) is 0.333. The summed E-state index contributed by atoms with van der Waals surface area (Å²) in [7, 11) is -7.88. The van der Waals surface area contributed by atoms with Gasteiger partial charge in [-0.1, -0.05) is 43.3 Å². The molecule has 2 aromatic rings. The third-order valence-corrected chi connectivity index (χ3v) is 6.91. The van der Waals surface area contributed by atoms with Crippen molar-refractivity contribution in [3.63, 3.8) is 0 Å². The van der Waals surface area contributed by atoms with E-state index in [9.17, 15) is 16.8 Å². The summed E-state index contributed by atoms with van der Waals surface area (Å²) < 4.78 is 59.6. The molecule has 0 saturated heterocycles. The molecular formula is C18H22O6S2. The molecule has 0 radical (unpaired) electrons. The van der Waals surface area contributed by atoms with Crippen molar-refractivity contribution in [2.45, 2.75) is 42.8 Å². The van der Waals surface area contributed by atoms with Crippen LogP contribution in [-0.4, -0.2) is 29.0 Å². The van der Waals surface area contributed by atoms with Crippen LogP contribution in [0.25, 0.3) is 0 Å². The molecule has 0 N–H and O–H groups in total. The Morgan fingerprint density at radius 2 is 0.923 bits per heavy atom. The molecule has 0 amide bonds. The summed E-state index contributed by atoms with van der Waals surface area (Å²) in [6, 6.07) is 15.6. The molecule has 0 aliphatic carbocycles. The maximum absolute atomic E-state index is 12.3. The van der Waals surface area contributed by atoms with Crippen molar-refractivity contribution in [2.24, 2.45) is 5.92 Å². The Balaban J connectivity index is 2.07. The molecule has 6 nitrogen and oxygen atoms in total. The van der Waals surface area contributed by atoms with E-state index in [2.05, 4.69) is 0 Å². The first-order valence-corrected chi connectivity index (χ1v) is 10.9. The van der Waals surface area contributed by atoms with Gasteiger partial charge in [0.2, 0.25) is 0 Å². The van der Waals surface area contributed by atoms with Crippen LogP contribution in [0, 0.1) is 5.92 Å². The SMILES string of the molecule is CC(OS(=O)(=O)c1ccccc1)C(C)C(C)OS(=O)(=O)c1ccccc1. The van der Waals surface area contributed by atoms with Gasteiger partial charge in [0.1, 0.15) is 0 Å². The highest BCUT2D eigenvalue weighted by Crippen LogP contribution is 2.23. The summed E-state index contributed by atoms with van der Waals surface area (Å²) in [5, 5.41) is 0. The molecule has 26 heavy (non-hydrogen) atoms. The normalized spacial score (nSPS) is 16.0. The molecule has 2 unspecified atom stereocenters. The summed E-state index contributed by atoms with van der Waals surface area (Å²) in [6.45, 7) is 4.82. The van der Waals surface area contributed by atoms with Crippen molar-refractivity contribution in [1.29, 1.82) is 0 Å². The van der Waals surface area contributed by atoms with Crippen LogP contribution in [-0.2, 0) is 28.6 Å². The third-order valence-electron chi connectivity index (χ3n) is 4.10. The minimum atomic E-state index is -3.94. The van der Waals surface area contributed by atoms with Gasteiger partial charge in [0.25, 0.3) is 20.2 Å². The van der Waals surface area contributed by atoms with Crippen LogP contribution in [0.4, 0.5) is 0 Å². The van der Waals surface area contributed by atoms with Crippen LogP contribution in [0.1, 0.15) is 20.8 Å². The molecule has 0 aromatic heterocycles. The van der Waals surface area contributed by atoms with Gasteiger partial charge in [0.15, 0.2) is 0 Å². The molecule has 2 rings (SSSR count). The third kappa shape index (κ3) is 5.14. The molecule has 0 aliphatic rings. The van der Waals surface area contributed by atoms with Gasteiger partial charge in [-0.3, -0.25) is 8.37 Å². The lowest BCUT2D eigenvalue weighted by Gasteiger charge is -2.25. The standard InChI is InChI=1S/C18H22O6S2/c1-14(15(2)23-25(19,20)17-10-6-4-7-11-17)16(3)24-26(21,22)18-12-8-5-9-13-18/h4-16H,1-3H3. The number of rotatable bonds is 8. The molecule has 0 fully saturated rings. The zero-order chi connectivity index (χ0) is 19.4. The van der Waals surface area contributed by atoms with Crippen LogP contribution in [0.3, 0.4) is 0 Å². The largest absolute Gasteiger partial charge is 0.297 e. The second-order valence-corrected chi connectivity index (χ2v) is 9.14. The summed E-state index contributed by atoms with van der Waals surface area (Å²) in [6.07, 6.45) is -1.55. The molecule has 0 bridgehead atoms. The van der Waals surface area contributed by atoms with Gasteiger partial charge in [-0.05, 0) is 38.1 Å². The summed E-state index contributed by atoms with van der Waals surface area (Å²) in [4.78, 5) is 0.0917. The van der Waals surface area contributed by atoms with E-state index in [4.69, 9.17) is 8.37 Å². The lowest BCUT2D eigenvalue weighted by molar-refractivity contribution is 0.0780. The van der Waals surface area contributed by atoms with E-state index < -0.39 is 38.4 Å². The molecule has 0 spiro atoms. The van der Waals surface area contributed by atoms with Crippen molar-refractivity contribution >= 4 is 20.2 Å². The van der Waals surface area contributed by atoms with Crippen molar-refractivity contribution in [1.82, 2.24) is 0 Å². The van der Waals surface area contributed by atoms with Crippen LogP contribution in [0.2, 0.25) is 0 Å². The average Bonchev–Trinajstić information content (AvgIpc) is 2.61. The lowest BCUT2D eigenvalue weighted by atomic mass is 10.0.